The van der Waals surface area contributed by atoms with Crippen molar-refractivity contribution in [1.29, 1.82) is 0 Å². The summed E-state index contributed by atoms with van der Waals surface area (Å²) in [6.07, 6.45) is 0.00678. The molecule has 0 heterocycles. The number of benzene rings is 2. The molecule has 2 atom stereocenters. The van der Waals surface area contributed by atoms with Crippen LogP contribution in [0.25, 0.3) is 0 Å². The van der Waals surface area contributed by atoms with Gasteiger partial charge in [-0.15, -0.1) is 0 Å². The second-order valence-corrected chi connectivity index (χ2v) is 8.23. The van der Waals surface area contributed by atoms with Crippen LogP contribution in [0.4, 0.5) is 5.69 Å². The zero-order valence-electron chi connectivity index (χ0n) is 14.5. The summed E-state index contributed by atoms with van der Waals surface area (Å²) in [5.41, 5.74) is 0.868. The van der Waals surface area contributed by atoms with Gasteiger partial charge in [-0.25, -0.2) is 0 Å². The summed E-state index contributed by atoms with van der Waals surface area (Å²) in [4.78, 5) is 32.8. The number of rotatable bonds is 9. The molecule has 0 aliphatic carbocycles. The fraction of sp³-hybridized carbons (Fsp3) is 0.278. The zero-order valence-corrected chi connectivity index (χ0v) is 16.2. The van der Waals surface area contributed by atoms with E-state index in [1.54, 1.807) is 19.1 Å². The molecule has 0 saturated heterocycles. The van der Waals surface area contributed by atoms with Crippen LogP contribution >= 0.6 is 0 Å². The van der Waals surface area contributed by atoms with E-state index in [2.05, 4.69) is 0 Å². The Balaban J connectivity index is 2.27. The summed E-state index contributed by atoms with van der Waals surface area (Å²) in [6.45, 7) is 1.68. The second kappa shape index (κ2) is 9.80. The molecule has 0 aromatic heterocycles. The molecule has 0 amide bonds. The predicted octanol–water partition coefficient (Wildman–Crippen LogP) is 2.26. The number of carbonyl (C=O) groups excluding carboxylic acids is 1. The number of non-ortho nitro benzene ring substituents is 1. The van der Waals surface area contributed by atoms with Gasteiger partial charge in [-0.05, 0) is 0 Å². The molecule has 2 rings (SSSR count). The molecule has 2 unspecified atom stereocenters. The minimum atomic E-state index is -1.45. The van der Waals surface area contributed by atoms with Crippen LogP contribution in [0.1, 0.15) is 23.7 Å². The number of nitro groups is 2. The van der Waals surface area contributed by atoms with E-state index in [1.807, 2.05) is 30.3 Å². The molecule has 8 nitrogen and oxygen atoms in total. The number of hydrogen-bond donors (Lipinski definition) is 0. The summed E-state index contributed by atoms with van der Waals surface area (Å²) in [6, 6.07) is 13.9. The Kier molecular flexibility index (Phi) is 7.45. The Labute approximate surface area is 162 Å². The van der Waals surface area contributed by atoms with E-state index in [-0.39, 0.29) is 38.5 Å². The molecular weight excluding hydrogens is 419 g/mol. The summed E-state index contributed by atoms with van der Waals surface area (Å²) in [5, 5.41) is 22.2. The van der Waals surface area contributed by atoms with Crippen LogP contribution in [0.15, 0.2) is 54.6 Å². The molecule has 0 saturated carbocycles. The van der Waals surface area contributed by atoms with Crippen LogP contribution in [0.3, 0.4) is 0 Å². The van der Waals surface area contributed by atoms with Gasteiger partial charge in [0.05, 0.1) is 0 Å². The molecule has 9 heteroatoms. The molecule has 2 aromatic rings. The van der Waals surface area contributed by atoms with Crippen LogP contribution in [0.2, 0.25) is 0 Å². The molecule has 0 N–H and O–H groups in total. The van der Waals surface area contributed by atoms with Gasteiger partial charge in [-0.1, -0.05) is 0 Å². The van der Waals surface area contributed by atoms with E-state index in [1.165, 1.54) is 12.1 Å². The van der Waals surface area contributed by atoms with Crippen molar-refractivity contribution < 1.29 is 19.4 Å². The van der Waals surface area contributed by atoms with Crippen molar-refractivity contribution in [2.24, 2.45) is 0 Å². The Morgan fingerprint density at radius 1 is 1.07 bits per heavy atom. The van der Waals surface area contributed by atoms with Crippen LogP contribution in [0.5, 0.6) is 0 Å². The zero-order chi connectivity index (χ0) is 19.8. The third-order valence-corrected chi connectivity index (χ3v) is 6.46. The van der Waals surface area contributed by atoms with Gasteiger partial charge < -0.3 is 0 Å². The third-order valence-electron chi connectivity index (χ3n) is 3.75. The van der Waals surface area contributed by atoms with E-state index < -0.39 is 21.9 Å². The molecule has 0 bridgehead atoms. The quantitative estimate of drug-likeness (QED) is 0.257. The van der Waals surface area contributed by atoms with Crippen molar-refractivity contribution in [2.75, 3.05) is 6.61 Å². The number of nitrogens with zero attached hydrogens (tertiary/aromatic N) is 2. The number of ether oxygens (including phenoxy) is 1. The van der Waals surface area contributed by atoms with Gasteiger partial charge in [0.2, 0.25) is 0 Å². The van der Waals surface area contributed by atoms with E-state index >= 15 is 0 Å². The molecule has 0 aliphatic heterocycles. The van der Waals surface area contributed by atoms with Crippen molar-refractivity contribution in [3.05, 3.63) is 80.4 Å². The maximum absolute atomic E-state index is 12.0. The number of nitro benzene ring substituents is 1. The summed E-state index contributed by atoms with van der Waals surface area (Å²) < 4.78 is 5.70. The second-order valence-electron chi connectivity index (χ2n) is 5.56. The van der Waals surface area contributed by atoms with Gasteiger partial charge in [-0.3, -0.25) is 0 Å². The minimum absolute atomic E-state index is 0.00678. The number of esters is 1. The van der Waals surface area contributed by atoms with Crippen LogP contribution in [-0.2, 0) is 9.53 Å². The third kappa shape index (κ3) is 5.87. The maximum atomic E-state index is 12.0. The first-order chi connectivity index (χ1) is 12.9. The molecule has 0 spiro atoms. The van der Waals surface area contributed by atoms with Gasteiger partial charge in [0.25, 0.3) is 0 Å². The number of carbonyl (C=O) groups is 1. The van der Waals surface area contributed by atoms with E-state index in [0.29, 0.717) is 0 Å². The first-order valence-electron chi connectivity index (χ1n) is 8.18. The topological polar surface area (TPSA) is 113 Å². The van der Waals surface area contributed by atoms with Crippen molar-refractivity contribution in [3.63, 3.8) is 0 Å². The van der Waals surface area contributed by atoms with Gasteiger partial charge in [0.1, 0.15) is 0 Å². The van der Waals surface area contributed by atoms with E-state index in [9.17, 15) is 25.0 Å². The molecule has 0 aliphatic rings. The Morgan fingerprint density at radius 2 is 1.70 bits per heavy atom. The Morgan fingerprint density at radius 3 is 2.22 bits per heavy atom. The van der Waals surface area contributed by atoms with Crippen LogP contribution in [-0.4, -0.2) is 43.4 Å². The average Bonchev–Trinajstić information content (AvgIpc) is 2.66. The van der Waals surface area contributed by atoms with Gasteiger partial charge in [-0.2, -0.15) is 0 Å². The summed E-state index contributed by atoms with van der Waals surface area (Å²) in [7, 11) is 0. The van der Waals surface area contributed by atoms with Crippen LogP contribution < -0.4 is 4.46 Å². The monoisotopic (exact) mass is 438 g/mol. The molecule has 142 valence electrons. The van der Waals surface area contributed by atoms with Crippen molar-refractivity contribution >= 4 is 31.1 Å². The van der Waals surface area contributed by atoms with Crippen molar-refractivity contribution in [1.82, 2.24) is 0 Å². The summed E-state index contributed by atoms with van der Waals surface area (Å²) in [5.74, 6) is -0.845. The predicted molar refractivity (Wildman–Crippen MR) is 99.7 cm³/mol. The number of hydrogen-bond acceptors (Lipinski definition) is 6. The first kappa shape index (κ1) is 20.5. The first-order valence-corrected chi connectivity index (χ1v) is 10.0. The van der Waals surface area contributed by atoms with Gasteiger partial charge >= 0.3 is 162 Å². The fourth-order valence-corrected chi connectivity index (χ4v) is 4.94. The van der Waals surface area contributed by atoms with E-state index in [4.69, 9.17) is 4.74 Å². The molecule has 27 heavy (non-hydrogen) atoms. The SMILES string of the molecule is CCOC(=O)C(CC([Se]c1ccc([N+](=O)[O-])cc1)c1ccccc1)[N+](=O)[O-]. The Bertz CT molecular complexity index is 797. The molecular formula is C18H18N2O6Se. The van der Waals surface area contributed by atoms with Crippen molar-refractivity contribution in [3.8, 4) is 0 Å². The summed E-state index contributed by atoms with van der Waals surface area (Å²) >= 11 is -0.267. The standard InChI is InChI=1S/C18H18N2O6Se/c1-2-26-18(21)16(20(24)25)12-17(13-6-4-3-5-7-13)27-15-10-8-14(9-11-15)19(22)23/h3-11,16-17H,2,12H2,1H3. The molecule has 2 aromatic carbocycles. The van der Waals surface area contributed by atoms with E-state index in [0.717, 1.165) is 10.0 Å². The van der Waals surface area contributed by atoms with Crippen LogP contribution in [0, 0.1) is 20.2 Å². The fourth-order valence-electron chi connectivity index (χ4n) is 2.44. The molecule has 0 radical (unpaired) electrons. The normalized spacial score (nSPS) is 12.8. The molecule has 0 fully saturated rings. The van der Waals surface area contributed by atoms with Gasteiger partial charge in [0.15, 0.2) is 0 Å². The average molecular weight is 437 g/mol. The Hall–Kier alpha value is -2.77. The van der Waals surface area contributed by atoms with Crippen molar-refractivity contribution in [2.45, 2.75) is 24.2 Å². The van der Waals surface area contributed by atoms with Gasteiger partial charge in [0, 0.05) is 0 Å².